The number of thioether (sulfide) groups is 1. The van der Waals surface area contributed by atoms with E-state index in [2.05, 4.69) is 0 Å². The predicted octanol–water partition coefficient (Wildman–Crippen LogP) is 1.43. The molecule has 0 N–H and O–H groups in total. The van der Waals surface area contributed by atoms with Gasteiger partial charge < -0.3 is 0 Å². The van der Waals surface area contributed by atoms with Crippen molar-refractivity contribution in [1.82, 2.24) is 4.90 Å². The summed E-state index contributed by atoms with van der Waals surface area (Å²) < 4.78 is 37.0. The van der Waals surface area contributed by atoms with E-state index in [-0.39, 0.29) is 17.9 Å². The van der Waals surface area contributed by atoms with Gasteiger partial charge in [0, 0.05) is 24.3 Å². The van der Waals surface area contributed by atoms with Crippen molar-refractivity contribution in [3.63, 3.8) is 0 Å². The van der Waals surface area contributed by atoms with Gasteiger partial charge in [0.05, 0.1) is 12.1 Å². The Bertz CT molecular complexity index is 603. The van der Waals surface area contributed by atoms with Crippen molar-refractivity contribution in [1.29, 1.82) is 0 Å². The fourth-order valence-corrected chi connectivity index (χ4v) is 5.09. The van der Waals surface area contributed by atoms with Gasteiger partial charge in [0.15, 0.2) is 15.6 Å². The van der Waals surface area contributed by atoms with Crippen molar-refractivity contribution >= 4 is 27.4 Å². The van der Waals surface area contributed by atoms with Gasteiger partial charge in [0.1, 0.15) is 11.2 Å². The van der Waals surface area contributed by atoms with Crippen LogP contribution in [0.4, 0.5) is 4.39 Å². The second-order valence-corrected chi connectivity index (χ2v) is 8.09. The Morgan fingerprint density at radius 1 is 1.45 bits per heavy atom. The Morgan fingerprint density at radius 2 is 2.15 bits per heavy atom. The SMILES string of the molecule is CS(=O)(=O)C1CSCCN1CC(=O)c1ccccc1F. The Balaban J connectivity index is 2.15. The number of halogens is 1. The molecular weight excluding hydrogens is 301 g/mol. The average molecular weight is 317 g/mol. The summed E-state index contributed by atoms with van der Waals surface area (Å²) in [5.41, 5.74) is 0.0120. The van der Waals surface area contributed by atoms with Crippen LogP contribution in [0, 0.1) is 5.82 Å². The van der Waals surface area contributed by atoms with Crippen molar-refractivity contribution in [2.24, 2.45) is 0 Å². The summed E-state index contributed by atoms with van der Waals surface area (Å²) in [7, 11) is -3.25. The standard InChI is InChI=1S/C13H16FNO3S2/c1-20(17,18)13-9-19-7-6-15(13)8-12(16)10-4-2-3-5-11(10)14/h2-5,13H,6-9H2,1H3. The maximum atomic E-state index is 13.6. The Labute approximate surface area is 122 Å². The van der Waals surface area contributed by atoms with Gasteiger partial charge in [-0.05, 0) is 12.1 Å². The van der Waals surface area contributed by atoms with Gasteiger partial charge in [0.25, 0.3) is 0 Å². The molecule has 0 bridgehead atoms. The summed E-state index contributed by atoms with van der Waals surface area (Å²) in [6.07, 6.45) is 1.17. The van der Waals surface area contributed by atoms with Crippen molar-refractivity contribution < 1.29 is 17.6 Å². The van der Waals surface area contributed by atoms with Crippen LogP contribution in [0.5, 0.6) is 0 Å². The molecule has 1 aliphatic rings. The molecule has 4 nitrogen and oxygen atoms in total. The zero-order chi connectivity index (χ0) is 14.8. The minimum Gasteiger partial charge on any atom is -0.293 e. The molecule has 0 amide bonds. The van der Waals surface area contributed by atoms with Crippen LogP contribution in [0.2, 0.25) is 0 Å². The summed E-state index contributed by atoms with van der Waals surface area (Å²) in [6, 6.07) is 5.76. The van der Waals surface area contributed by atoms with Crippen molar-refractivity contribution in [3.8, 4) is 0 Å². The third-order valence-electron chi connectivity index (χ3n) is 3.21. The molecule has 0 aromatic heterocycles. The van der Waals surface area contributed by atoms with E-state index in [1.807, 2.05) is 0 Å². The third-order valence-corrected chi connectivity index (χ3v) is 5.89. The molecule has 0 spiro atoms. The Hall–Kier alpha value is -0.920. The number of sulfone groups is 1. The minimum atomic E-state index is -3.25. The number of benzene rings is 1. The third kappa shape index (κ3) is 3.59. The van der Waals surface area contributed by atoms with E-state index >= 15 is 0 Å². The maximum Gasteiger partial charge on any atom is 0.179 e. The van der Waals surface area contributed by atoms with Crippen LogP contribution in [-0.4, -0.2) is 55.3 Å². The maximum absolute atomic E-state index is 13.6. The van der Waals surface area contributed by atoms with Crippen LogP contribution in [-0.2, 0) is 9.84 Å². The first-order valence-electron chi connectivity index (χ1n) is 6.18. The lowest BCUT2D eigenvalue weighted by Gasteiger charge is -2.33. The highest BCUT2D eigenvalue weighted by atomic mass is 32.2. The van der Waals surface area contributed by atoms with Crippen LogP contribution in [0.25, 0.3) is 0 Å². The van der Waals surface area contributed by atoms with Gasteiger partial charge >= 0.3 is 0 Å². The molecule has 1 atom stereocenters. The van der Waals surface area contributed by atoms with E-state index in [1.165, 1.54) is 24.5 Å². The lowest BCUT2D eigenvalue weighted by molar-refractivity contribution is 0.0924. The molecule has 20 heavy (non-hydrogen) atoms. The van der Waals surface area contributed by atoms with Gasteiger partial charge in [-0.25, -0.2) is 12.8 Å². The largest absolute Gasteiger partial charge is 0.293 e. The Kier molecular flexibility index (Phi) is 4.82. The molecule has 1 aromatic carbocycles. The molecule has 0 aliphatic carbocycles. The van der Waals surface area contributed by atoms with Gasteiger partial charge in [-0.2, -0.15) is 11.8 Å². The topological polar surface area (TPSA) is 54.5 Å². The second kappa shape index (κ2) is 6.24. The number of carbonyl (C=O) groups is 1. The average Bonchev–Trinajstić information content (AvgIpc) is 2.38. The van der Waals surface area contributed by atoms with Crippen LogP contribution >= 0.6 is 11.8 Å². The lowest BCUT2D eigenvalue weighted by Crippen LogP contribution is -2.48. The van der Waals surface area contributed by atoms with E-state index in [4.69, 9.17) is 0 Å². The van der Waals surface area contributed by atoms with Gasteiger partial charge in [-0.15, -0.1) is 0 Å². The smallest absolute Gasteiger partial charge is 0.179 e. The van der Waals surface area contributed by atoms with Crippen molar-refractivity contribution in [2.75, 3.05) is 30.9 Å². The number of rotatable bonds is 4. The van der Waals surface area contributed by atoms with Crippen LogP contribution in [0.15, 0.2) is 24.3 Å². The fourth-order valence-electron chi connectivity index (χ4n) is 2.15. The second-order valence-electron chi connectivity index (χ2n) is 4.73. The normalized spacial score (nSPS) is 20.8. The first-order valence-corrected chi connectivity index (χ1v) is 9.29. The molecule has 1 saturated heterocycles. The zero-order valence-electron chi connectivity index (χ0n) is 11.1. The summed E-state index contributed by atoms with van der Waals surface area (Å²) in [5, 5.41) is -0.669. The monoisotopic (exact) mass is 317 g/mol. The highest BCUT2D eigenvalue weighted by molar-refractivity contribution is 8.00. The summed E-state index contributed by atoms with van der Waals surface area (Å²) >= 11 is 1.55. The van der Waals surface area contributed by atoms with E-state index in [9.17, 15) is 17.6 Å². The summed E-state index contributed by atoms with van der Waals surface area (Å²) in [6.45, 7) is 0.446. The highest BCUT2D eigenvalue weighted by Gasteiger charge is 2.32. The fraction of sp³-hybridized carbons (Fsp3) is 0.462. The Morgan fingerprint density at radius 3 is 2.80 bits per heavy atom. The number of carbonyl (C=O) groups excluding carboxylic acids is 1. The van der Waals surface area contributed by atoms with E-state index < -0.39 is 21.0 Å². The molecule has 0 radical (unpaired) electrons. The number of hydrogen-bond acceptors (Lipinski definition) is 5. The van der Waals surface area contributed by atoms with Crippen LogP contribution < -0.4 is 0 Å². The summed E-state index contributed by atoms with van der Waals surface area (Å²) in [5.74, 6) is 0.267. The molecule has 1 unspecified atom stereocenters. The van der Waals surface area contributed by atoms with Gasteiger partial charge in [-0.1, -0.05) is 12.1 Å². The van der Waals surface area contributed by atoms with Crippen molar-refractivity contribution in [2.45, 2.75) is 5.37 Å². The number of nitrogens with zero attached hydrogens (tertiary/aromatic N) is 1. The lowest BCUT2D eigenvalue weighted by atomic mass is 10.1. The summed E-state index contributed by atoms with van der Waals surface area (Å²) in [4.78, 5) is 13.7. The highest BCUT2D eigenvalue weighted by Crippen LogP contribution is 2.21. The molecule has 1 aliphatic heterocycles. The molecule has 2 rings (SSSR count). The molecule has 110 valence electrons. The van der Waals surface area contributed by atoms with E-state index in [0.29, 0.717) is 12.3 Å². The van der Waals surface area contributed by atoms with Gasteiger partial charge in [0.2, 0.25) is 0 Å². The molecular formula is C13H16FNO3S2. The number of ketones is 1. The molecule has 1 fully saturated rings. The quantitative estimate of drug-likeness (QED) is 0.786. The first kappa shape index (κ1) is 15.5. The number of hydrogen-bond donors (Lipinski definition) is 0. The first-order chi connectivity index (χ1) is 9.39. The van der Waals surface area contributed by atoms with Crippen LogP contribution in [0.1, 0.15) is 10.4 Å². The van der Waals surface area contributed by atoms with Gasteiger partial charge in [-0.3, -0.25) is 9.69 Å². The molecule has 1 heterocycles. The van der Waals surface area contributed by atoms with E-state index in [0.717, 1.165) is 5.75 Å². The van der Waals surface area contributed by atoms with Crippen LogP contribution in [0.3, 0.4) is 0 Å². The predicted molar refractivity (Wildman–Crippen MR) is 78.3 cm³/mol. The zero-order valence-corrected chi connectivity index (χ0v) is 12.7. The molecule has 1 aromatic rings. The number of Topliss-reactive ketones (excluding diaryl/α,β-unsaturated/α-hetero) is 1. The van der Waals surface area contributed by atoms with E-state index in [1.54, 1.807) is 22.7 Å². The molecule has 0 saturated carbocycles. The van der Waals surface area contributed by atoms with Crippen molar-refractivity contribution in [3.05, 3.63) is 35.6 Å². The minimum absolute atomic E-state index is 0.0120. The molecule has 7 heteroatoms.